The lowest BCUT2D eigenvalue weighted by atomic mass is 9.99. The van der Waals surface area contributed by atoms with Crippen LogP contribution in [0.5, 0.6) is 5.75 Å². The van der Waals surface area contributed by atoms with Gasteiger partial charge in [0.05, 0.1) is 28.6 Å². The predicted octanol–water partition coefficient (Wildman–Crippen LogP) is 3.23. The molecule has 0 saturated heterocycles. The molecule has 1 aliphatic carbocycles. The number of benzene rings is 2. The molecule has 1 atom stereocenters. The molecule has 0 bridgehead atoms. The number of hydrogen-bond acceptors (Lipinski definition) is 5. The first-order valence-electron chi connectivity index (χ1n) is 8.90. The number of nitriles is 1. The van der Waals surface area contributed by atoms with Gasteiger partial charge < -0.3 is 10.5 Å². The Kier molecular flexibility index (Phi) is 4.04. The highest BCUT2D eigenvalue weighted by atomic mass is 32.2. The smallest absolute Gasteiger partial charge is 0.264 e. The number of anilines is 2. The summed E-state index contributed by atoms with van der Waals surface area (Å²) in [6.45, 7) is 2.07. The van der Waals surface area contributed by atoms with Crippen molar-refractivity contribution in [1.29, 1.82) is 5.26 Å². The van der Waals surface area contributed by atoms with E-state index in [-0.39, 0.29) is 23.0 Å². The minimum absolute atomic E-state index is 0.163. The molecule has 0 amide bonds. The molecule has 2 N–H and O–H groups in total. The molecule has 2 aliphatic rings. The van der Waals surface area contributed by atoms with Gasteiger partial charge >= 0.3 is 0 Å². The fourth-order valence-corrected chi connectivity index (χ4v) is 4.95. The minimum Gasteiger partial charge on any atom is -0.486 e. The third-order valence-electron chi connectivity index (χ3n) is 5.23. The second kappa shape index (κ2) is 6.17. The van der Waals surface area contributed by atoms with E-state index in [1.165, 1.54) is 4.31 Å². The zero-order chi connectivity index (χ0) is 19.2. The molecule has 1 heterocycles. The first kappa shape index (κ1) is 17.7. The van der Waals surface area contributed by atoms with E-state index in [1.54, 1.807) is 42.5 Å². The lowest BCUT2D eigenvalue weighted by Crippen LogP contribution is -2.44. The van der Waals surface area contributed by atoms with Crippen LogP contribution < -0.4 is 14.8 Å². The van der Waals surface area contributed by atoms with E-state index in [4.69, 9.17) is 10.5 Å². The van der Waals surface area contributed by atoms with E-state index in [0.29, 0.717) is 23.5 Å². The molecule has 0 aromatic heterocycles. The van der Waals surface area contributed by atoms with Gasteiger partial charge in [0.15, 0.2) is 0 Å². The number of nitrogens with zero attached hydrogens (tertiary/aromatic N) is 2. The molecule has 0 unspecified atom stereocenters. The Morgan fingerprint density at radius 2 is 1.96 bits per heavy atom. The summed E-state index contributed by atoms with van der Waals surface area (Å²) < 4.78 is 34.1. The van der Waals surface area contributed by atoms with E-state index < -0.39 is 10.0 Å². The van der Waals surface area contributed by atoms with Crippen LogP contribution in [0.15, 0.2) is 47.4 Å². The third-order valence-corrected chi connectivity index (χ3v) is 7.03. The van der Waals surface area contributed by atoms with Gasteiger partial charge in [-0.1, -0.05) is 17.7 Å². The number of ether oxygens (including phenoxy) is 1. The molecule has 27 heavy (non-hydrogen) atoms. The number of nitrogen functional groups attached to an aromatic ring is 1. The van der Waals surface area contributed by atoms with Crippen molar-refractivity contribution in [2.45, 2.75) is 37.2 Å². The Bertz CT molecular complexity index is 1020. The van der Waals surface area contributed by atoms with Gasteiger partial charge in [0.25, 0.3) is 10.0 Å². The summed E-state index contributed by atoms with van der Waals surface area (Å²) in [6.07, 6.45) is 1.82. The molecular formula is C20H21N3O3S. The maximum Gasteiger partial charge on any atom is 0.264 e. The largest absolute Gasteiger partial charge is 0.486 e. The van der Waals surface area contributed by atoms with Crippen LogP contribution in [0.3, 0.4) is 0 Å². The first-order valence-corrected chi connectivity index (χ1v) is 10.3. The van der Waals surface area contributed by atoms with Crippen molar-refractivity contribution < 1.29 is 13.2 Å². The summed E-state index contributed by atoms with van der Waals surface area (Å²) in [5, 5.41) is 9.39. The van der Waals surface area contributed by atoms with Crippen LogP contribution in [0.1, 0.15) is 24.8 Å². The van der Waals surface area contributed by atoms with Crippen molar-refractivity contribution in [3.05, 3.63) is 48.0 Å². The second-order valence-electron chi connectivity index (χ2n) is 7.41. The molecule has 6 nitrogen and oxygen atoms in total. The molecule has 1 aliphatic heterocycles. The van der Waals surface area contributed by atoms with Crippen molar-refractivity contribution in [1.82, 2.24) is 0 Å². The zero-order valence-electron chi connectivity index (χ0n) is 15.1. The third kappa shape index (κ3) is 3.21. The molecule has 0 spiro atoms. The Labute approximate surface area is 159 Å². The molecule has 2 aromatic carbocycles. The van der Waals surface area contributed by atoms with Gasteiger partial charge in [-0.05, 0) is 50.1 Å². The lowest BCUT2D eigenvalue weighted by molar-refractivity contribution is 0.172. The molecular weight excluding hydrogens is 362 g/mol. The summed E-state index contributed by atoms with van der Waals surface area (Å²) in [4.78, 5) is 0.226. The van der Waals surface area contributed by atoms with Crippen LogP contribution in [-0.4, -0.2) is 21.1 Å². The highest BCUT2D eigenvalue weighted by Crippen LogP contribution is 2.50. The van der Waals surface area contributed by atoms with E-state index in [2.05, 4.69) is 6.07 Å². The van der Waals surface area contributed by atoms with Gasteiger partial charge in [-0.2, -0.15) is 5.26 Å². The van der Waals surface area contributed by atoms with Gasteiger partial charge in [-0.15, -0.1) is 0 Å². The summed E-state index contributed by atoms with van der Waals surface area (Å²) in [7, 11) is -3.77. The molecule has 1 fully saturated rings. The number of rotatable bonds is 4. The summed E-state index contributed by atoms with van der Waals surface area (Å²) in [5.41, 5.74) is 7.41. The second-order valence-corrected chi connectivity index (χ2v) is 9.27. The molecule has 0 radical (unpaired) electrons. The monoisotopic (exact) mass is 383 g/mol. The standard InChI is InChI=1S/C20H21N3O3S/c1-14-2-5-17(6-3-14)27(24,25)23-12-16(11-20(13-21)8-9-20)26-19-7-4-15(22)10-18(19)23/h2-7,10,16H,8-9,11-12,22H2,1H3/t16-/m0/s1. The highest BCUT2D eigenvalue weighted by Gasteiger charge is 2.47. The maximum atomic E-state index is 13.3. The van der Waals surface area contributed by atoms with Gasteiger partial charge in [0.2, 0.25) is 0 Å². The van der Waals surface area contributed by atoms with Crippen molar-refractivity contribution in [2.75, 3.05) is 16.6 Å². The predicted molar refractivity (Wildman–Crippen MR) is 103 cm³/mol. The van der Waals surface area contributed by atoms with Crippen LogP contribution in [0.4, 0.5) is 11.4 Å². The molecule has 140 valence electrons. The van der Waals surface area contributed by atoms with Crippen molar-refractivity contribution in [2.24, 2.45) is 5.41 Å². The number of aryl methyl sites for hydroxylation is 1. The molecule has 7 heteroatoms. The van der Waals surface area contributed by atoms with E-state index in [1.807, 2.05) is 6.92 Å². The number of hydrogen-bond donors (Lipinski definition) is 1. The summed E-state index contributed by atoms with van der Waals surface area (Å²) in [5.74, 6) is 0.477. The lowest BCUT2D eigenvalue weighted by Gasteiger charge is -2.36. The summed E-state index contributed by atoms with van der Waals surface area (Å²) >= 11 is 0. The maximum absolute atomic E-state index is 13.3. The fraction of sp³-hybridized carbons (Fsp3) is 0.350. The van der Waals surface area contributed by atoms with Gasteiger partial charge in [-0.25, -0.2) is 8.42 Å². The van der Waals surface area contributed by atoms with Crippen LogP contribution in [-0.2, 0) is 10.0 Å². The Morgan fingerprint density at radius 1 is 1.26 bits per heavy atom. The SMILES string of the molecule is Cc1ccc(S(=O)(=O)N2C[C@H](CC3(C#N)CC3)Oc3ccc(N)cc32)cc1. The van der Waals surface area contributed by atoms with E-state index in [9.17, 15) is 13.7 Å². The number of nitrogens with two attached hydrogens (primary N) is 1. The van der Waals surface area contributed by atoms with Crippen molar-refractivity contribution in [3.63, 3.8) is 0 Å². The van der Waals surface area contributed by atoms with Gasteiger partial charge in [0, 0.05) is 12.1 Å². The Hall–Kier alpha value is -2.72. The van der Waals surface area contributed by atoms with Crippen LogP contribution in [0.2, 0.25) is 0 Å². The van der Waals surface area contributed by atoms with E-state index in [0.717, 1.165) is 18.4 Å². The van der Waals surface area contributed by atoms with Crippen molar-refractivity contribution in [3.8, 4) is 11.8 Å². The Morgan fingerprint density at radius 3 is 2.59 bits per heavy atom. The van der Waals surface area contributed by atoms with E-state index >= 15 is 0 Å². The molecule has 1 saturated carbocycles. The Balaban J connectivity index is 1.74. The zero-order valence-corrected chi connectivity index (χ0v) is 15.9. The fourth-order valence-electron chi connectivity index (χ4n) is 3.45. The van der Waals surface area contributed by atoms with Crippen LogP contribution in [0.25, 0.3) is 0 Å². The average Bonchev–Trinajstić information content (AvgIpc) is 3.41. The van der Waals surface area contributed by atoms with Gasteiger partial charge in [0.1, 0.15) is 11.9 Å². The topological polar surface area (TPSA) is 96.4 Å². The van der Waals surface area contributed by atoms with Crippen LogP contribution >= 0.6 is 0 Å². The van der Waals surface area contributed by atoms with Crippen molar-refractivity contribution >= 4 is 21.4 Å². The highest BCUT2D eigenvalue weighted by molar-refractivity contribution is 7.92. The number of sulfonamides is 1. The quantitative estimate of drug-likeness (QED) is 0.818. The number of fused-ring (bicyclic) bond motifs is 1. The molecule has 2 aromatic rings. The average molecular weight is 383 g/mol. The minimum atomic E-state index is -3.77. The normalized spacial score (nSPS) is 20.3. The van der Waals surface area contributed by atoms with Crippen LogP contribution in [0, 0.1) is 23.7 Å². The first-order chi connectivity index (χ1) is 12.8. The molecule has 4 rings (SSSR count). The summed E-state index contributed by atoms with van der Waals surface area (Å²) in [6, 6.07) is 14.1. The van der Waals surface area contributed by atoms with Gasteiger partial charge in [-0.3, -0.25) is 4.31 Å².